The summed E-state index contributed by atoms with van der Waals surface area (Å²) in [6.45, 7) is 3.84. The fourth-order valence-electron chi connectivity index (χ4n) is 1.75. The second-order valence-corrected chi connectivity index (χ2v) is 7.09. The number of carbonyl (C=O) groups excluding carboxylic acids is 1. The standard InChI is InChI=1S/C14H16N2O4S2/c1-3-20-13(17)8-11-9-21-14(15-11)16-22(18,19)12-6-4-5-10(2)7-12/h4-7,9H,3,8H2,1-2H3,(H,15,16). The molecule has 0 atom stereocenters. The molecule has 0 unspecified atom stereocenters. The SMILES string of the molecule is CCOC(=O)Cc1csc(NS(=O)(=O)c2cccc(C)c2)n1. The zero-order valence-electron chi connectivity index (χ0n) is 12.2. The molecule has 1 aromatic heterocycles. The van der Waals surface area contributed by atoms with Crippen LogP contribution in [0.4, 0.5) is 5.13 Å². The Morgan fingerprint density at radius 1 is 1.41 bits per heavy atom. The maximum atomic E-state index is 12.3. The summed E-state index contributed by atoms with van der Waals surface area (Å²) >= 11 is 1.13. The van der Waals surface area contributed by atoms with Gasteiger partial charge in [0.05, 0.1) is 23.6 Å². The number of ether oxygens (including phenoxy) is 1. The van der Waals surface area contributed by atoms with E-state index in [0.717, 1.165) is 16.9 Å². The minimum atomic E-state index is -3.68. The Morgan fingerprint density at radius 3 is 2.86 bits per heavy atom. The van der Waals surface area contributed by atoms with Gasteiger partial charge in [-0.1, -0.05) is 12.1 Å². The molecular formula is C14H16N2O4S2. The Balaban J connectivity index is 2.11. The number of nitrogens with zero attached hydrogens (tertiary/aromatic N) is 1. The summed E-state index contributed by atoms with van der Waals surface area (Å²) in [7, 11) is -3.68. The predicted molar refractivity (Wildman–Crippen MR) is 84.4 cm³/mol. The number of carbonyl (C=O) groups is 1. The zero-order valence-corrected chi connectivity index (χ0v) is 13.8. The molecule has 0 aliphatic rings. The highest BCUT2D eigenvalue weighted by molar-refractivity contribution is 7.93. The van der Waals surface area contributed by atoms with Crippen molar-refractivity contribution in [2.45, 2.75) is 25.2 Å². The number of anilines is 1. The minimum Gasteiger partial charge on any atom is -0.466 e. The molecule has 0 saturated heterocycles. The number of hydrogen-bond acceptors (Lipinski definition) is 6. The van der Waals surface area contributed by atoms with Gasteiger partial charge in [0.2, 0.25) is 0 Å². The molecular weight excluding hydrogens is 324 g/mol. The average molecular weight is 340 g/mol. The molecule has 0 aliphatic heterocycles. The molecule has 0 radical (unpaired) electrons. The predicted octanol–water partition coefficient (Wildman–Crippen LogP) is 2.36. The van der Waals surface area contributed by atoms with Crippen LogP contribution in [0.3, 0.4) is 0 Å². The van der Waals surface area contributed by atoms with Crippen LogP contribution in [0.15, 0.2) is 34.5 Å². The second-order valence-electron chi connectivity index (χ2n) is 4.55. The van der Waals surface area contributed by atoms with Gasteiger partial charge in [-0.2, -0.15) is 0 Å². The molecule has 2 aromatic rings. The molecule has 1 aromatic carbocycles. The number of rotatable bonds is 6. The third-order valence-corrected chi connectivity index (χ3v) is 4.98. The first-order valence-electron chi connectivity index (χ1n) is 6.60. The number of esters is 1. The van der Waals surface area contributed by atoms with Crippen molar-refractivity contribution in [1.29, 1.82) is 0 Å². The van der Waals surface area contributed by atoms with Crippen LogP contribution in [0.25, 0.3) is 0 Å². The highest BCUT2D eigenvalue weighted by atomic mass is 32.2. The number of aryl methyl sites for hydroxylation is 1. The molecule has 2 rings (SSSR count). The fourth-order valence-corrected chi connectivity index (χ4v) is 3.82. The second kappa shape index (κ2) is 6.89. The van der Waals surface area contributed by atoms with Gasteiger partial charge in [0.15, 0.2) is 5.13 Å². The number of aromatic nitrogens is 1. The molecule has 118 valence electrons. The largest absolute Gasteiger partial charge is 0.466 e. The van der Waals surface area contributed by atoms with E-state index < -0.39 is 10.0 Å². The summed E-state index contributed by atoms with van der Waals surface area (Å²) in [4.78, 5) is 15.6. The summed E-state index contributed by atoms with van der Waals surface area (Å²) in [5, 5.41) is 1.85. The third kappa shape index (κ3) is 4.28. The van der Waals surface area contributed by atoms with E-state index in [1.54, 1.807) is 24.4 Å². The Labute approximate surface area is 133 Å². The van der Waals surface area contributed by atoms with E-state index in [2.05, 4.69) is 9.71 Å². The maximum absolute atomic E-state index is 12.3. The molecule has 0 fully saturated rings. The average Bonchev–Trinajstić information content (AvgIpc) is 2.85. The molecule has 0 bridgehead atoms. The number of benzene rings is 1. The van der Waals surface area contributed by atoms with Gasteiger partial charge in [-0.25, -0.2) is 13.4 Å². The highest BCUT2D eigenvalue weighted by Crippen LogP contribution is 2.21. The first-order valence-corrected chi connectivity index (χ1v) is 8.96. The molecule has 0 saturated carbocycles. The summed E-state index contributed by atoms with van der Waals surface area (Å²) in [6, 6.07) is 6.59. The summed E-state index contributed by atoms with van der Waals surface area (Å²) in [6.07, 6.45) is 0.0243. The molecule has 6 nitrogen and oxygen atoms in total. The van der Waals surface area contributed by atoms with Crippen molar-refractivity contribution in [1.82, 2.24) is 4.98 Å². The van der Waals surface area contributed by atoms with Crippen LogP contribution in [0, 0.1) is 6.92 Å². The Kier molecular flexibility index (Phi) is 5.15. The van der Waals surface area contributed by atoms with Crippen molar-refractivity contribution in [2.75, 3.05) is 11.3 Å². The molecule has 22 heavy (non-hydrogen) atoms. The van der Waals surface area contributed by atoms with Gasteiger partial charge in [0, 0.05) is 5.38 Å². The van der Waals surface area contributed by atoms with Crippen LogP contribution in [0.2, 0.25) is 0 Å². The normalized spacial score (nSPS) is 11.2. The first kappa shape index (κ1) is 16.4. The van der Waals surface area contributed by atoms with Crippen molar-refractivity contribution in [3.63, 3.8) is 0 Å². The van der Waals surface area contributed by atoms with Crippen LogP contribution in [0.1, 0.15) is 18.2 Å². The summed E-state index contributed by atoms with van der Waals surface area (Å²) < 4.78 is 31.7. The number of sulfonamides is 1. The molecule has 0 amide bonds. The Bertz CT molecular complexity index is 769. The van der Waals surface area contributed by atoms with Crippen molar-refractivity contribution >= 4 is 32.5 Å². The van der Waals surface area contributed by atoms with E-state index in [0.29, 0.717) is 12.3 Å². The minimum absolute atomic E-state index is 0.0243. The lowest BCUT2D eigenvalue weighted by molar-refractivity contribution is -0.142. The summed E-state index contributed by atoms with van der Waals surface area (Å²) in [5.74, 6) is -0.388. The van der Waals surface area contributed by atoms with E-state index in [-0.39, 0.29) is 22.4 Å². The fraction of sp³-hybridized carbons (Fsp3) is 0.286. The molecule has 0 spiro atoms. The molecule has 1 heterocycles. The number of hydrogen-bond donors (Lipinski definition) is 1. The lowest BCUT2D eigenvalue weighted by Gasteiger charge is -2.05. The van der Waals surface area contributed by atoms with Gasteiger partial charge >= 0.3 is 5.97 Å². The van der Waals surface area contributed by atoms with Crippen LogP contribution < -0.4 is 4.72 Å². The van der Waals surface area contributed by atoms with E-state index >= 15 is 0 Å². The van der Waals surface area contributed by atoms with Gasteiger partial charge in [0.1, 0.15) is 0 Å². The van der Waals surface area contributed by atoms with Crippen LogP contribution in [-0.2, 0) is 26.0 Å². The lowest BCUT2D eigenvalue weighted by Crippen LogP contribution is -2.13. The van der Waals surface area contributed by atoms with Gasteiger partial charge in [-0.05, 0) is 31.5 Å². The van der Waals surface area contributed by atoms with Gasteiger partial charge < -0.3 is 4.74 Å². The Morgan fingerprint density at radius 2 is 2.18 bits per heavy atom. The van der Waals surface area contributed by atoms with Gasteiger partial charge in [0.25, 0.3) is 10.0 Å². The lowest BCUT2D eigenvalue weighted by atomic mass is 10.2. The quantitative estimate of drug-likeness (QED) is 0.816. The molecule has 8 heteroatoms. The topological polar surface area (TPSA) is 85.4 Å². The van der Waals surface area contributed by atoms with Crippen molar-refractivity contribution in [3.8, 4) is 0 Å². The van der Waals surface area contributed by atoms with Crippen molar-refractivity contribution in [2.24, 2.45) is 0 Å². The van der Waals surface area contributed by atoms with E-state index in [1.807, 2.05) is 13.0 Å². The van der Waals surface area contributed by atoms with E-state index in [1.165, 1.54) is 6.07 Å². The van der Waals surface area contributed by atoms with Crippen molar-refractivity contribution < 1.29 is 17.9 Å². The Hall–Kier alpha value is -1.93. The van der Waals surface area contributed by atoms with Gasteiger partial charge in [-0.3, -0.25) is 9.52 Å². The monoisotopic (exact) mass is 340 g/mol. The number of nitrogens with one attached hydrogen (secondary N) is 1. The smallest absolute Gasteiger partial charge is 0.311 e. The molecule has 1 N–H and O–H groups in total. The van der Waals surface area contributed by atoms with E-state index in [9.17, 15) is 13.2 Å². The summed E-state index contributed by atoms with van der Waals surface area (Å²) in [5.41, 5.74) is 1.33. The van der Waals surface area contributed by atoms with Crippen LogP contribution >= 0.6 is 11.3 Å². The van der Waals surface area contributed by atoms with Gasteiger partial charge in [-0.15, -0.1) is 11.3 Å². The molecule has 0 aliphatic carbocycles. The highest BCUT2D eigenvalue weighted by Gasteiger charge is 2.17. The number of thiazole rings is 1. The van der Waals surface area contributed by atoms with Crippen LogP contribution in [0.5, 0.6) is 0 Å². The first-order chi connectivity index (χ1) is 10.4. The van der Waals surface area contributed by atoms with E-state index in [4.69, 9.17) is 4.74 Å². The third-order valence-electron chi connectivity index (χ3n) is 2.70. The van der Waals surface area contributed by atoms with Crippen molar-refractivity contribution in [3.05, 3.63) is 40.9 Å². The van der Waals surface area contributed by atoms with Crippen LogP contribution in [-0.4, -0.2) is 26.0 Å². The zero-order chi connectivity index (χ0) is 16.2. The maximum Gasteiger partial charge on any atom is 0.311 e.